The van der Waals surface area contributed by atoms with Crippen LogP contribution in [0.25, 0.3) is 0 Å². The third-order valence-corrected chi connectivity index (χ3v) is 6.37. The van der Waals surface area contributed by atoms with Crippen LogP contribution in [0.5, 0.6) is 0 Å². The molecule has 0 amide bonds. The number of methoxy groups -OCH3 is 1. The molecule has 1 aliphatic carbocycles. The molecule has 2 rings (SSSR count). The van der Waals surface area contributed by atoms with E-state index in [1.54, 1.807) is 0 Å². The molecule has 0 aromatic carbocycles. The van der Waals surface area contributed by atoms with Crippen LogP contribution >= 0.6 is 14.3 Å². The molecule has 1 aromatic heterocycles. The van der Waals surface area contributed by atoms with E-state index in [9.17, 15) is 19.0 Å². The molecule has 0 spiro atoms. The summed E-state index contributed by atoms with van der Waals surface area (Å²) in [6.45, 7) is -3.63. The Kier molecular flexibility index (Phi) is 7.12. The SMILES string of the molecule is CO[C@H]1C(n2ccc(=O)[nH]c2=O)C[C@H](/C=C/P(=O)(O)O)[C@H]1OP(O)(=S)OC. The molecule has 14 heteroatoms. The van der Waals surface area contributed by atoms with Gasteiger partial charge in [0.2, 0.25) is 0 Å². The topological polar surface area (TPSA) is 160 Å². The van der Waals surface area contributed by atoms with Gasteiger partial charge in [0, 0.05) is 38.2 Å². The monoisotopic (exact) mass is 442 g/mol. The third kappa shape index (κ3) is 5.77. The lowest BCUT2D eigenvalue weighted by atomic mass is 10.1. The molecule has 27 heavy (non-hydrogen) atoms. The zero-order valence-electron chi connectivity index (χ0n) is 14.4. The van der Waals surface area contributed by atoms with E-state index >= 15 is 0 Å². The van der Waals surface area contributed by atoms with Crippen molar-refractivity contribution in [3.05, 3.63) is 45.0 Å². The third-order valence-electron chi connectivity index (χ3n) is 4.13. The van der Waals surface area contributed by atoms with Crippen LogP contribution in [0.1, 0.15) is 12.5 Å². The Bertz CT molecular complexity index is 908. The van der Waals surface area contributed by atoms with Gasteiger partial charge in [0.25, 0.3) is 5.56 Å². The molecule has 0 saturated heterocycles. The highest BCUT2D eigenvalue weighted by Gasteiger charge is 2.47. The van der Waals surface area contributed by atoms with Gasteiger partial charge in [-0.2, -0.15) is 0 Å². The van der Waals surface area contributed by atoms with Gasteiger partial charge in [-0.3, -0.25) is 18.9 Å². The lowest BCUT2D eigenvalue weighted by Crippen LogP contribution is -2.38. The van der Waals surface area contributed by atoms with E-state index in [2.05, 4.69) is 4.98 Å². The van der Waals surface area contributed by atoms with E-state index in [0.29, 0.717) is 5.82 Å². The summed E-state index contributed by atoms with van der Waals surface area (Å²) in [5.41, 5.74) is -1.25. The summed E-state index contributed by atoms with van der Waals surface area (Å²) in [4.78, 5) is 53.8. The van der Waals surface area contributed by atoms with E-state index in [1.807, 2.05) is 0 Å². The van der Waals surface area contributed by atoms with Gasteiger partial charge >= 0.3 is 20.0 Å². The Hall–Kier alpha value is -0.940. The Labute approximate surface area is 159 Å². The van der Waals surface area contributed by atoms with E-state index in [1.165, 1.54) is 31.1 Å². The van der Waals surface area contributed by atoms with Crippen LogP contribution in [0.2, 0.25) is 0 Å². The van der Waals surface area contributed by atoms with E-state index in [-0.39, 0.29) is 6.42 Å². The van der Waals surface area contributed by atoms with E-state index < -0.39 is 49.7 Å². The van der Waals surface area contributed by atoms with Gasteiger partial charge in [0.1, 0.15) is 12.2 Å². The molecule has 1 aliphatic rings. The molecule has 0 radical (unpaired) electrons. The Morgan fingerprint density at radius 1 is 1.30 bits per heavy atom. The second kappa shape index (κ2) is 8.60. The van der Waals surface area contributed by atoms with Crippen molar-refractivity contribution in [1.82, 2.24) is 9.55 Å². The predicted octanol–water partition coefficient (Wildman–Crippen LogP) is 0.0524. The number of hydrogen-bond acceptors (Lipinski definition) is 7. The fraction of sp³-hybridized carbons (Fsp3) is 0.538. The maximum Gasteiger partial charge on any atom is 0.348 e. The smallest absolute Gasteiger partial charge is 0.348 e. The maximum absolute atomic E-state index is 12.1. The summed E-state index contributed by atoms with van der Waals surface area (Å²) in [6, 6.07) is 0.511. The Balaban J connectivity index is 2.46. The normalized spacial score (nSPS) is 28.5. The summed E-state index contributed by atoms with van der Waals surface area (Å²) in [5.74, 6) is 0.0583. The first-order valence-electron chi connectivity index (χ1n) is 7.63. The van der Waals surface area contributed by atoms with Gasteiger partial charge in [-0.15, -0.1) is 0 Å². The quantitative estimate of drug-likeness (QED) is 0.425. The molecule has 0 bridgehead atoms. The summed E-state index contributed by atoms with van der Waals surface area (Å²) in [6.07, 6.45) is 0.932. The molecule has 1 saturated carbocycles. The van der Waals surface area contributed by atoms with Crippen LogP contribution in [0, 0.1) is 5.92 Å². The number of ether oxygens (including phenoxy) is 1. The van der Waals surface area contributed by atoms with Crippen LogP contribution in [-0.4, -0.2) is 50.7 Å². The molecule has 1 fully saturated rings. The van der Waals surface area contributed by atoms with Crippen LogP contribution < -0.4 is 11.2 Å². The van der Waals surface area contributed by atoms with Crippen molar-refractivity contribution in [1.29, 1.82) is 0 Å². The van der Waals surface area contributed by atoms with Crippen molar-refractivity contribution in [2.24, 2.45) is 5.92 Å². The van der Waals surface area contributed by atoms with Crippen LogP contribution in [-0.2, 0) is 30.2 Å². The minimum Gasteiger partial charge on any atom is -0.377 e. The molecule has 152 valence electrons. The maximum atomic E-state index is 12.1. The highest BCUT2D eigenvalue weighted by atomic mass is 32.5. The Morgan fingerprint density at radius 2 is 1.96 bits per heavy atom. The number of aromatic nitrogens is 2. The molecule has 5 atom stereocenters. The van der Waals surface area contributed by atoms with E-state index in [0.717, 1.165) is 6.07 Å². The van der Waals surface area contributed by atoms with Gasteiger partial charge in [-0.25, -0.2) is 4.79 Å². The number of nitrogens with zero attached hydrogens (tertiary/aromatic N) is 1. The molecule has 1 heterocycles. The average molecular weight is 442 g/mol. The number of nitrogens with one attached hydrogen (secondary N) is 1. The fourth-order valence-corrected chi connectivity index (χ4v) is 4.42. The van der Waals surface area contributed by atoms with Crippen molar-refractivity contribution in [3.63, 3.8) is 0 Å². The van der Waals surface area contributed by atoms with Crippen LogP contribution in [0.15, 0.2) is 33.7 Å². The van der Waals surface area contributed by atoms with Gasteiger partial charge in [0.15, 0.2) is 0 Å². The van der Waals surface area contributed by atoms with E-state index in [4.69, 9.17) is 35.4 Å². The average Bonchev–Trinajstić information content (AvgIpc) is 2.89. The van der Waals surface area contributed by atoms with Gasteiger partial charge in [-0.05, 0) is 18.2 Å². The molecule has 0 aliphatic heterocycles. The molecular weight excluding hydrogens is 422 g/mol. The van der Waals surface area contributed by atoms with Crippen molar-refractivity contribution in [3.8, 4) is 0 Å². The van der Waals surface area contributed by atoms with Crippen LogP contribution in [0.3, 0.4) is 0 Å². The largest absolute Gasteiger partial charge is 0.377 e. The molecule has 11 nitrogen and oxygen atoms in total. The minimum atomic E-state index is -4.44. The summed E-state index contributed by atoms with van der Waals surface area (Å²) < 4.78 is 28.1. The second-order valence-electron chi connectivity index (χ2n) is 5.84. The first-order valence-corrected chi connectivity index (χ1v) is 11.9. The minimum absolute atomic E-state index is 0.171. The Morgan fingerprint density at radius 3 is 2.48 bits per heavy atom. The van der Waals surface area contributed by atoms with Crippen molar-refractivity contribution < 1.29 is 33.0 Å². The lowest BCUT2D eigenvalue weighted by molar-refractivity contribution is -0.0125. The van der Waals surface area contributed by atoms with Gasteiger partial charge in [0.05, 0.1) is 6.04 Å². The zero-order chi connectivity index (χ0) is 20.4. The highest BCUT2D eigenvalue weighted by molar-refractivity contribution is 8.07. The second-order valence-corrected chi connectivity index (χ2v) is 10.2. The first-order chi connectivity index (χ1) is 12.5. The van der Waals surface area contributed by atoms with Crippen molar-refractivity contribution in [2.75, 3.05) is 14.2 Å². The number of aromatic amines is 1. The zero-order valence-corrected chi connectivity index (χ0v) is 17.0. The standard InChI is InChI=1S/C13H20N2O9P2S/c1-22-12-9(15-5-3-10(16)14-13(15)17)7-8(4-6-25(18,19)20)11(12)24-26(21,27)23-2/h3-6,8-9,11-12H,7H2,1-2H3,(H,21,27)(H,14,16,17)(H2,18,19,20)/b6-4+/t8-,9?,11+,12-,26?/m0/s1. The first kappa shape index (κ1) is 22.4. The number of hydrogen-bond donors (Lipinski definition) is 4. The number of rotatable bonds is 7. The predicted molar refractivity (Wildman–Crippen MR) is 98.8 cm³/mol. The summed E-state index contributed by atoms with van der Waals surface area (Å²) >= 11 is 4.86. The molecular formula is C13H20N2O9P2S. The summed E-state index contributed by atoms with van der Waals surface area (Å²) in [7, 11) is -1.92. The molecule has 1 aromatic rings. The van der Waals surface area contributed by atoms with Gasteiger partial charge < -0.3 is 28.5 Å². The molecule has 4 N–H and O–H groups in total. The van der Waals surface area contributed by atoms with Crippen molar-refractivity contribution >= 4 is 26.1 Å². The van der Waals surface area contributed by atoms with Crippen LogP contribution in [0.4, 0.5) is 0 Å². The van der Waals surface area contributed by atoms with Gasteiger partial charge in [-0.1, -0.05) is 6.08 Å². The lowest BCUT2D eigenvalue weighted by Gasteiger charge is -2.28. The van der Waals surface area contributed by atoms with Crippen molar-refractivity contribution in [2.45, 2.75) is 24.7 Å². The fourth-order valence-electron chi connectivity index (χ4n) is 3.01. The highest BCUT2D eigenvalue weighted by Crippen LogP contribution is 2.51. The molecule has 2 unspecified atom stereocenters. The summed E-state index contributed by atoms with van der Waals surface area (Å²) in [5, 5.41) is 0. The number of H-pyrrole nitrogens is 1.